The summed E-state index contributed by atoms with van der Waals surface area (Å²) in [5.74, 6) is 0. The van der Waals surface area contributed by atoms with E-state index in [2.05, 4.69) is 104 Å². The topological polar surface area (TPSA) is 3.24 Å². The fraction of sp³-hybridized carbons (Fsp3) is 0.182. The lowest BCUT2D eigenvalue weighted by atomic mass is 10.1. The molecule has 0 saturated heterocycles. The summed E-state index contributed by atoms with van der Waals surface area (Å²) in [7, 11) is 3.76. The Kier molecular flexibility index (Phi) is 7.84. The molecule has 0 heterocycles. The van der Waals surface area contributed by atoms with Crippen LogP contribution in [0.2, 0.25) is 0 Å². The van der Waals surface area contributed by atoms with Gasteiger partial charge in [-0.2, -0.15) is 0 Å². The van der Waals surface area contributed by atoms with Crippen LogP contribution in [-0.2, 0) is 6.42 Å². The summed E-state index contributed by atoms with van der Waals surface area (Å²) in [4.78, 5) is 2.25. The summed E-state index contributed by atoms with van der Waals surface area (Å²) in [6, 6.07) is 30.8. The third kappa shape index (κ3) is 5.25. The van der Waals surface area contributed by atoms with Gasteiger partial charge < -0.3 is 4.90 Å². The van der Waals surface area contributed by atoms with Crippen LogP contribution >= 0.6 is 24.9 Å². The van der Waals surface area contributed by atoms with Gasteiger partial charge in [-0.05, 0) is 49.9 Å². The Labute approximate surface area is 163 Å². The second-order valence-electron chi connectivity index (χ2n) is 6.19. The first-order valence-electron chi connectivity index (χ1n) is 8.38. The Morgan fingerprint density at radius 1 is 0.680 bits per heavy atom. The third-order valence-electron chi connectivity index (χ3n) is 4.09. The molecule has 0 fully saturated rings. The zero-order valence-electron chi connectivity index (χ0n) is 14.8. The molecule has 0 spiro atoms. The van der Waals surface area contributed by atoms with Crippen molar-refractivity contribution in [2.75, 3.05) is 20.6 Å². The lowest BCUT2D eigenvalue weighted by Gasteiger charge is -2.23. The molecule has 0 bridgehead atoms. The van der Waals surface area contributed by atoms with Gasteiger partial charge in [0.15, 0.2) is 0 Å². The van der Waals surface area contributed by atoms with Gasteiger partial charge in [0.25, 0.3) is 0 Å². The molecule has 0 radical (unpaired) electrons. The van der Waals surface area contributed by atoms with Gasteiger partial charge in [0.05, 0.1) is 0 Å². The minimum absolute atomic E-state index is 0. The first kappa shape index (κ1) is 19.8. The Bertz CT molecular complexity index is 720. The van der Waals surface area contributed by atoms with Crippen molar-refractivity contribution in [2.24, 2.45) is 0 Å². The quantitative estimate of drug-likeness (QED) is 0.549. The van der Waals surface area contributed by atoms with Gasteiger partial charge in [-0.1, -0.05) is 84.9 Å². The van der Waals surface area contributed by atoms with Crippen LogP contribution in [0, 0.1) is 0 Å². The number of likely N-dealkylation sites (N-methyl/N-ethyl adjacent to an activating group) is 1. The predicted molar refractivity (Wildman–Crippen MR) is 118 cm³/mol. The van der Waals surface area contributed by atoms with Gasteiger partial charge in [0, 0.05) is 6.54 Å². The van der Waals surface area contributed by atoms with Crippen molar-refractivity contribution < 1.29 is 0 Å². The van der Waals surface area contributed by atoms with Crippen LogP contribution in [0.15, 0.2) is 84.9 Å². The maximum atomic E-state index is 2.32. The van der Waals surface area contributed by atoms with Crippen molar-refractivity contribution in [3.63, 3.8) is 0 Å². The smallest absolute Gasteiger partial charge is 0.00160 e. The van der Waals surface area contributed by atoms with E-state index in [1.54, 1.807) is 0 Å². The van der Waals surface area contributed by atoms with Crippen LogP contribution in [0.25, 0.3) is 0 Å². The molecule has 3 aromatic carbocycles. The van der Waals surface area contributed by atoms with Gasteiger partial charge in [0.2, 0.25) is 0 Å². The number of benzene rings is 3. The van der Waals surface area contributed by atoms with E-state index in [4.69, 9.17) is 0 Å². The molecule has 3 rings (SSSR count). The van der Waals surface area contributed by atoms with Gasteiger partial charge in [-0.25, -0.2) is 0 Å². The Balaban J connectivity index is 0.00000225. The Hall–Kier alpha value is -1.47. The Morgan fingerprint density at radius 3 is 1.68 bits per heavy atom. The minimum atomic E-state index is -0.516. The number of hydrogen-bond donors (Lipinski definition) is 0. The number of rotatable bonds is 6. The van der Waals surface area contributed by atoms with Crippen molar-refractivity contribution in [2.45, 2.75) is 6.42 Å². The largest absolute Gasteiger partial charge is 0.309 e. The molecule has 0 saturated carbocycles. The van der Waals surface area contributed by atoms with Crippen LogP contribution in [0.1, 0.15) is 5.56 Å². The van der Waals surface area contributed by atoms with E-state index < -0.39 is 7.92 Å². The zero-order valence-corrected chi connectivity index (χ0v) is 17.4. The predicted octanol–water partition coefficient (Wildman–Crippen LogP) is 4.13. The fourth-order valence-electron chi connectivity index (χ4n) is 2.87. The van der Waals surface area contributed by atoms with E-state index in [1.165, 1.54) is 21.5 Å². The van der Waals surface area contributed by atoms with Crippen molar-refractivity contribution in [1.82, 2.24) is 4.90 Å². The summed E-state index contributed by atoms with van der Waals surface area (Å²) < 4.78 is 0. The molecule has 3 aromatic rings. The summed E-state index contributed by atoms with van der Waals surface area (Å²) in [5.41, 5.74) is 1.46. The molecule has 0 N–H and O–H groups in total. The van der Waals surface area contributed by atoms with Crippen LogP contribution in [0.5, 0.6) is 0 Å². The number of halogens is 1. The molecule has 0 unspecified atom stereocenters. The van der Waals surface area contributed by atoms with E-state index in [0.717, 1.165) is 13.0 Å². The van der Waals surface area contributed by atoms with Gasteiger partial charge in [-0.15, -0.1) is 17.0 Å². The molecule has 130 valence electrons. The van der Waals surface area contributed by atoms with Gasteiger partial charge >= 0.3 is 0 Å². The molecule has 0 aliphatic carbocycles. The second-order valence-corrected chi connectivity index (χ2v) is 8.37. The number of nitrogens with zero attached hydrogens (tertiary/aromatic N) is 1. The van der Waals surface area contributed by atoms with E-state index in [1.807, 2.05) is 0 Å². The monoisotopic (exact) mass is 413 g/mol. The van der Waals surface area contributed by atoms with Crippen LogP contribution in [0.3, 0.4) is 0 Å². The molecule has 0 aliphatic rings. The molecule has 25 heavy (non-hydrogen) atoms. The molecular formula is C22H25BrNP. The maximum absolute atomic E-state index is 2.32. The minimum Gasteiger partial charge on any atom is -0.309 e. The van der Waals surface area contributed by atoms with E-state index in [9.17, 15) is 0 Å². The SMILES string of the molecule is Br.CN(C)CCc1ccccc1P(c1ccccc1)c1ccccc1. The normalized spacial score (nSPS) is 10.7. The highest BCUT2D eigenvalue weighted by Gasteiger charge is 2.18. The summed E-state index contributed by atoms with van der Waals surface area (Å²) >= 11 is 0. The summed E-state index contributed by atoms with van der Waals surface area (Å²) in [6.07, 6.45) is 1.08. The highest BCUT2D eigenvalue weighted by Crippen LogP contribution is 2.34. The summed E-state index contributed by atoms with van der Waals surface area (Å²) in [5, 5.41) is 4.30. The first-order valence-corrected chi connectivity index (χ1v) is 9.73. The molecule has 3 heteroatoms. The van der Waals surface area contributed by atoms with Crippen LogP contribution in [-0.4, -0.2) is 25.5 Å². The van der Waals surface area contributed by atoms with Crippen LogP contribution in [0.4, 0.5) is 0 Å². The average Bonchev–Trinajstić information content (AvgIpc) is 2.63. The van der Waals surface area contributed by atoms with E-state index >= 15 is 0 Å². The van der Waals surface area contributed by atoms with Crippen molar-refractivity contribution in [1.29, 1.82) is 0 Å². The molecule has 1 nitrogen and oxygen atoms in total. The molecular weight excluding hydrogens is 389 g/mol. The lowest BCUT2D eigenvalue weighted by molar-refractivity contribution is 0.414. The maximum Gasteiger partial charge on any atom is 0.00160 e. The third-order valence-corrected chi connectivity index (χ3v) is 6.64. The van der Waals surface area contributed by atoms with Crippen molar-refractivity contribution in [3.05, 3.63) is 90.5 Å². The fourth-order valence-corrected chi connectivity index (χ4v) is 5.37. The highest BCUT2D eigenvalue weighted by atomic mass is 79.9. The van der Waals surface area contributed by atoms with Gasteiger partial charge in [0.1, 0.15) is 0 Å². The highest BCUT2D eigenvalue weighted by molar-refractivity contribution is 8.93. The van der Waals surface area contributed by atoms with Crippen LogP contribution < -0.4 is 15.9 Å². The first-order chi connectivity index (χ1) is 11.8. The standard InChI is InChI=1S/C22H24NP.BrH/c1-23(2)18-17-19-11-9-10-16-22(19)24(20-12-5-3-6-13-20)21-14-7-4-8-15-21;/h3-16H,17-18H2,1-2H3;1H. The molecule has 0 atom stereocenters. The average molecular weight is 414 g/mol. The van der Waals surface area contributed by atoms with Gasteiger partial charge in [-0.3, -0.25) is 0 Å². The van der Waals surface area contributed by atoms with Crippen molar-refractivity contribution in [3.8, 4) is 0 Å². The Morgan fingerprint density at radius 2 is 1.16 bits per heavy atom. The second kappa shape index (κ2) is 9.87. The lowest BCUT2D eigenvalue weighted by Crippen LogP contribution is -2.25. The zero-order chi connectivity index (χ0) is 16.8. The summed E-state index contributed by atoms with van der Waals surface area (Å²) in [6.45, 7) is 1.07. The van der Waals surface area contributed by atoms with E-state index in [-0.39, 0.29) is 17.0 Å². The molecule has 0 aliphatic heterocycles. The van der Waals surface area contributed by atoms with Crippen molar-refractivity contribution >= 4 is 40.8 Å². The molecule has 0 aromatic heterocycles. The van der Waals surface area contributed by atoms with E-state index in [0.29, 0.717) is 0 Å². The number of hydrogen-bond acceptors (Lipinski definition) is 1. The molecule has 0 amide bonds.